The van der Waals surface area contributed by atoms with E-state index in [0.717, 1.165) is 31.2 Å². The normalized spacial score (nSPS) is 19.3. The molecule has 0 spiro atoms. The number of amides is 1. The molecule has 0 aliphatic heterocycles. The van der Waals surface area contributed by atoms with Gasteiger partial charge in [-0.25, -0.2) is 4.79 Å². The molecule has 0 aromatic heterocycles. The van der Waals surface area contributed by atoms with Crippen molar-refractivity contribution in [3.63, 3.8) is 0 Å². The van der Waals surface area contributed by atoms with E-state index in [1.807, 2.05) is 44.2 Å². The maximum atomic E-state index is 13.4. The molecule has 164 valence electrons. The quantitative estimate of drug-likeness (QED) is 0.227. The highest BCUT2D eigenvalue weighted by molar-refractivity contribution is 6.22. The number of benzene rings is 1. The molecule has 0 saturated heterocycles. The lowest BCUT2D eigenvalue weighted by molar-refractivity contribution is -0.138. The second-order valence-electron chi connectivity index (χ2n) is 8.21. The molecule has 0 atom stereocenters. The van der Waals surface area contributed by atoms with E-state index in [-0.39, 0.29) is 35.9 Å². The minimum atomic E-state index is -0.562. The molecule has 1 N–H and O–H groups in total. The summed E-state index contributed by atoms with van der Waals surface area (Å²) in [5.74, 6) is 0.272. The third-order valence-electron chi connectivity index (χ3n) is 5.45. The molecule has 1 fully saturated rings. The van der Waals surface area contributed by atoms with Gasteiger partial charge in [0, 0.05) is 12.0 Å². The van der Waals surface area contributed by atoms with Crippen molar-refractivity contribution >= 4 is 17.7 Å². The molecule has 0 radical (unpaired) electrons. The van der Waals surface area contributed by atoms with E-state index in [2.05, 4.69) is 24.0 Å². The lowest BCUT2D eigenvalue weighted by atomic mass is 9.82. The Morgan fingerprint density at radius 2 is 1.83 bits per heavy atom. The van der Waals surface area contributed by atoms with Gasteiger partial charge < -0.3 is 10.2 Å². The number of amidine groups is 1. The Labute approximate surface area is 180 Å². The predicted molar refractivity (Wildman–Crippen MR) is 120 cm³/mol. The SMILES string of the molecule is C=C(C(=O)OCC)/C(=N\NCc1ccccc1)N(C(=O)C1CCC(C)CC1)C(C)C. The number of hydrazone groups is 1. The molecule has 6 heteroatoms. The van der Waals surface area contributed by atoms with Crippen LogP contribution in [0.5, 0.6) is 0 Å². The lowest BCUT2D eigenvalue weighted by Crippen LogP contribution is -2.48. The molecule has 30 heavy (non-hydrogen) atoms. The van der Waals surface area contributed by atoms with Crippen molar-refractivity contribution in [1.82, 2.24) is 10.3 Å². The molecule has 1 aliphatic rings. The topological polar surface area (TPSA) is 71.0 Å². The minimum absolute atomic E-state index is 0.00242. The highest BCUT2D eigenvalue weighted by Crippen LogP contribution is 2.30. The van der Waals surface area contributed by atoms with E-state index in [9.17, 15) is 9.59 Å². The number of rotatable bonds is 8. The molecule has 1 aromatic rings. The van der Waals surface area contributed by atoms with Crippen LogP contribution in [-0.2, 0) is 20.9 Å². The van der Waals surface area contributed by atoms with Crippen LogP contribution in [0.1, 0.15) is 58.9 Å². The van der Waals surface area contributed by atoms with E-state index >= 15 is 0 Å². The first-order valence-corrected chi connectivity index (χ1v) is 10.9. The summed E-state index contributed by atoms with van der Waals surface area (Å²) >= 11 is 0. The van der Waals surface area contributed by atoms with Crippen LogP contribution in [-0.4, -0.2) is 35.3 Å². The summed E-state index contributed by atoms with van der Waals surface area (Å²) in [5.41, 5.74) is 4.14. The lowest BCUT2D eigenvalue weighted by Gasteiger charge is -2.34. The van der Waals surface area contributed by atoms with Crippen LogP contribution in [0.25, 0.3) is 0 Å². The van der Waals surface area contributed by atoms with Gasteiger partial charge in [0.15, 0.2) is 5.84 Å². The van der Waals surface area contributed by atoms with Crippen molar-refractivity contribution in [2.45, 2.75) is 66.0 Å². The number of carbonyl (C=O) groups is 2. The number of carbonyl (C=O) groups excluding carboxylic acids is 2. The average molecular weight is 414 g/mol. The van der Waals surface area contributed by atoms with Gasteiger partial charge in [-0.3, -0.25) is 9.69 Å². The zero-order valence-corrected chi connectivity index (χ0v) is 18.7. The van der Waals surface area contributed by atoms with Gasteiger partial charge in [-0.2, -0.15) is 5.10 Å². The van der Waals surface area contributed by atoms with Gasteiger partial charge in [-0.1, -0.05) is 43.8 Å². The Kier molecular flexibility index (Phi) is 9.09. The fourth-order valence-electron chi connectivity index (χ4n) is 3.68. The molecule has 0 unspecified atom stereocenters. The molecule has 0 heterocycles. The first kappa shape index (κ1) is 23.6. The van der Waals surface area contributed by atoms with E-state index < -0.39 is 5.97 Å². The fourth-order valence-corrected chi connectivity index (χ4v) is 3.68. The zero-order valence-electron chi connectivity index (χ0n) is 18.7. The summed E-state index contributed by atoms with van der Waals surface area (Å²) in [6, 6.07) is 9.65. The summed E-state index contributed by atoms with van der Waals surface area (Å²) in [5, 5.41) is 4.45. The second kappa shape index (κ2) is 11.5. The van der Waals surface area contributed by atoms with Gasteiger partial charge in [0.2, 0.25) is 5.91 Å². The van der Waals surface area contributed by atoms with E-state index in [1.54, 1.807) is 11.8 Å². The Morgan fingerprint density at radius 1 is 1.20 bits per heavy atom. The third-order valence-corrected chi connectivity index (χ3v) is 5.45. The molecule has 0 bridgehead atoms. The van der Waals surface area contributed by atoms with E-state index in [1.165, 1.54) is 0 Å². The van der Waals surface area contributed by atoms with Crippen molar-refractivity contribution in [3.05, 3.63) is 48.0 Å². The largest absolute Gasteiger partial charge is 0.462 e. The summed E-state index contributed by atoms with van der Waals surface area (Å²) in [4.78, 5) is 27.5. The predicted octanol–water partition coefficient (Wildman–Crippen LogP) is 4.27. The van der Waals surface area contributed by atoms with Crippen LogP contribution in [0.4, 0.5) is 0 Å². The van der Waals surface area contributed by atoms with Crippen LogP contribution in [0.3, 0.4) is 0 Å². The Hall–Kier alpha value is -2.63. The van der Waals surface area contributed by atoms with Crippen LogP contribution < -0.4 is 5.43 Å². The molecule has 2 rings (SSSR count). The van der Waals surface area contributed by atoms with Gasteiger partial charge in [0.05, 0.1) is 18.7 Å². The molecule has 1 saturated carbocycles. The van der Waals surface area contributed by atoms with Crippen molar-refractivity contribution in [1.29, 1.82) is 0 Å². The van der Waals surface area contributed by atoms with Gasteiger partial charge in [-0.05, 0) is 57.9 Å². The molecular formula is C24H35N3O3. The Balaban J connectivity index is 2.27. The smallest absolute Gasteiger partial charge is 0.341 e. The molecule has 1 amide bonds. The molecule has 1 aromatic carbocycles. The maximum Gasteiger partial charge on any atom is 0.341 e. The minimum Gasteiger partial charge on any atom is -0.462 e. The van der Waals surface area contributed by atoms with E-state index in [0.29, 0.717) is 12.5 Å². The highest BCUT2D eigenvalue weighted by atomic mass is 16.5. The monoisotopic (exact) mass is 413 g/mol. The molecule has 1 aliphatic carbocycles. The van der Waals surface area contributed by atoms with Crippen LogP contribution >= 0.6 is 0 Å². The summed E-state index contributed by atoms with van der Waals surface area (Å²) in [6.45, 7) is 12.4. The van der Waals surface area contributed by atoms with Gasteiger partial charge in [-0.15, -0.1) is 0 Å². The van der Waals surface area contributed by atoms with Crippen LogP contribution in [0.2, 0.25) is 0 Å². The average Bonchev–Trinajstić information content (AvgIpc) is 2.73. The first-order valence-electron chi connectivity index (χ1n) is 10.9. The fraction of sp³-hybridized carbons (Fsp3) is 0.542. The van der Waals surface area contributed by atoms with Gasteiger partial charge in [0.25, 0.3) is 0 Å². The summed E-state index contributed by atoms with van der Waals surface area (Å²) < 4.78 is 5.13. The second-order valence-corrected chi connectivity index (χ2v) is 8.21. The van der Waals surface area contributed by atoms with Crippen molar-refractivity contribution in [3.8, 4) is 0 Å². The maximum absolute atomic E-state index is 13.4. The zero-order chi connectivity index (χ0) is 22.1. The number of nitrogens with zero attached hydrogens (tertiary/aromatic N) is 2. The van der Waals surface area contributed by atoms with Gasteiger partial charge >= 0.3 is 5.97 Å². The highest BCUT2D eigenvalue weighted by Gasteiger charge is 2.34. The number of hydrogen-bond donors (Lipinski definition) is 1. The number of esters is 1. The van der Waals surface area contributed by atoms with Crippen LogP contribution in [0, 0.1) is 11.8 Å². The Bertz CT molecular complexity index is 750. The summed E-state index contributed by atoms with van der Waals surface area (Å²) in [7, 11) is 0. The summed E-state index contributed by atoms with van der Waals surface area (Å²) in [6.07, 6.45) is 3.81. The third kappa shape index (κ3) is 6.44. The van der Waals surface area contributed by atoms with Crippen LogP contribution in [0.15, 0.2) is 47.6 Å². The number of ether oxygens (including phenoxy) is 1. The van der Waals surface area contributed by atoms with E-state index in [4.69, 9.17) is 4.74 Å². The van der Waals surface area contributed by atoms with Crippen molar-refractivity contribution in [2.75, 3.05) is 6.61 Å². The van der Waals surface area contributed by atoms with Crippen molar-refractivity contribution < 1.29 is 14.3 Å². The standard InChI is InChI=1S/C24H35N3O3/c1-6-30-24(29)19(5)22(26-25-16-20-10-8-7-9-11-20)27(17(2)3)23(28)21-14-12-18(4)13-15-21/h7-11,17-18,21,25H,5-6,12-16H2,1-4H3/b26-22+. The first-order chi connectivity index (χ1) is 14.3. The molecular weight excluding hydrogens is 378 g/mol. The van der Waals surface area contributed by atoms with Crippen molar-refractivity contribution in [2.24, 2.45) is 16.9 Å². The number of hydrogen-bond acceptors (Lipinski definition) is 5. The Morgan fingerprint density at radius 3 is 2.40 bits per heavy atom. The van der Waals surface area contributed by atoms with Gasteiger partial charge in [0.1, 0.15) is 0 Å². The molecule has 6 nitrogen and oxygen atoms in total. The number of nitrogens with one attached hydrogen (secondary N) is 1.